The molecule has 2 aromatic heterocycles. The summed E-state index contributed by atoms with van der Waals surface area (Å²) in [4.78, 5) is 23.8. The largest absolute Gasteiger partial charge is 0.325 e. The smallest absolute Gasteiger partial charge is 0.264 e. The molecule has 2 N–H and O–H groups in total. The van der Waals surface area contributed by atoms with Crippen molar-refractivity contribution in [3.05, 3.63) is 67.1 Å². The van der Waals surface area contributed by atoms with Gasteiger partial charge in [-0.2, -0.15) is 0 Å². The first-order valence-corrected chi connectivity index (χ1v) is 10.2. The fourth-order valence-electron chi connectivity index (χ4n) is 2.02. The monoisotopic (exact) mass is 401 g/mol. The van der Waals surface area contributed by atoms with Crippen LogP contribution < -0.4 is 10.0 Å². The Morgan fingerprint density at radius 1 is 0.926 bits per heavy atom. The number of anilines is 2. The second-order valence-corrected chi connectivity index (χ2v) is 7.89. The average Bonchev–Trinajstić information content (AvgIpc) is 2.68. The van der Waals surface area contributed by atoms with Crippen LogP contribution in [0.2, 0.25) is 0 Å². The van der Waals surface area contributed by atoms with Gasteiger partial charge >= 0.3 is 0 Å². The van der Waals surface area contributed by atoms with Gasteiger partial charge < -0.3 is 5.32 Å². The van der Waals surface area contributed by atoms with E-state index in [0.29, 0.717) is 5.69 Å². The van der Waals surface area contributed by atoms with Crippen LogP contribution in [-0.2, 0) is 14.8 Å². The number of thioether (sulfide) groups is 1. The summed E-state index contributed by atoms with van der Waals surface area (Å²) in [6, 6.07) is 12.9. The second kappa shape index (κ2) is 8.60. The number of aromatic nitrogens is 3. The molecule has 0 aliphatic rings. The number of benzene rings is 1. The summed E-state index contributed by atoms with van der Waals surface area (Å²) in [5.41, 5.74) is 0.497. The van der Waals surface area contributed by atoms with Gasteiger partial charge in [-0.05, 0) is 42.5 Å². The van der Waals surface area contributed by atoms with Crippen molar-refractivity contribution in [2.75, 3.05) is 15.8 Å². The van der Waals surface area contributed by atoms with E-state index in [-0.39, 0.29) is 22.5 Å². The van der Waals surface area contributed by atoms with Crippen molar-refractivity contribution in [2.45, 2.75) is 9.92 Å². The van der Waals surface area contributed by atoms with Gasteiger partial charge in [-0.15, -0.1) is 0 Å². The number of hydrogen-bond acceptors (Lipinski definition) is 7. The molecular weight excluding hydrogens is 386 g/mol. The van der Waals surface area contributed by atoms with Crippen molar-refractivity contribution >= 4 is 39.3 Å². The normalized spacial score (nSPS) is 11.0. The highest BCUT2D eigenvalue weighted by atomic mass is 32.2. The summed E-state index contributed by atoms with van der Waals surface area (Å²) in [5.74, 6) is -0.0252. The molecule has 3 aromatic rings. The third-order valence-electron chi connectivity index (χ3n) is 3.23. The van der Waals surface area contributed by atoms with Crippen molar-refractivity contribution in [3.63, 3.8) is 0 Å². The molecule has 0 atom stereocenters. The lowest BCUT2D eigenvalue weighted by molar-refractivity contribution is -0.113. The Labute approximate surface area is 160 Å². The second-order valence-electron chi connectivity index (χ2n) is 5.21. The van der Waals surface area contributed by atoms with Crippen LogP contribution in [0.15, 0.2) is 77.0 Å². The van der Waals surface area contributed by atoms with Gasteiger partial charge in [0.1, 0.15) is 0 Å². The summed E-state index contributed by atoms with van der Waals surface area (Å²) < 4.78 is 26.9. The first-order chi connectivity index (χ1) is 13.0. The summed E-state index contributed by atoms with van der Waals surface area (Å²) >= 11 is 1.31. The summed E-state index contributed by atoms with van der Waals surface area (Å²) in [5, 5.41) is 3.47. The number of rotatable bonds is 7. The molecule has 0 aliphatic carbocycles. The van der Waals surface area contributed by atoms with Crippen molar-refractivity contribution in [1.29, 1.82) is 0 Å². The molecule has 1 aromatic carbocycles. The number of nitrogens with zero attached hydrogens (tertiary/aromatic N) is 3. The van der Waals surface area contributed by atoms with Crippen molar-refractivity contribution < 1.29 is 13.2 Å². The molecule has 0 saturated heterocycles. The number of pyridine rings is 1. The molecule has 0 unspecified atom stereocenters. The van der Waals surface area contributed by atoms with E-state index in [4.69, 9.17) is 0 Å². The maximum atomic E-state index is 12.3. The average molecular weight is 401 g/mol. The highest BCUT2D eigenvalue weighted by molar-refractivity contribution is 7.99. The number of hydrogen-bond donors (Lipinski definition) is 2. The fraction of sp³-hybridized carbons (Fsp3) is 0.0588. The van der Waals surface area contributed by atoms with Gasteiger partial charge in [0.05, 0.1) is 15.7 Å². The Bertz CT molecular complexity index is 998. The third kappa shape index (κ3) is 5.50. The SMILES string of the molecule is O=C(CSc1ccccn1)Nc1ccc(S(=O)(=O)Nc2ncccn2)cc1. The predicted octanol–water partition coefficient (Wildman–Crippen LogP) is 2.40. The molecule has 0 spiro atoms. The van der Waals surface area contributed by atoms with Crippen LogP contribution in [0, 0.1) is 0 Å². The predicted molar refractivity (Wildman–Crippen MR) is 103 cm³/mol. The zero-order valence-corrected chi connectivity index (χ0v) is 15.6. The maximum Gasteiger partial charge on any atom is 0.264 e. The maximum absolute atomic E-state index is 12.3. The summed E-state index contributed by atoms with van der Waals surface area (Å²) in [7, 11) is -3.80. The van der Waals surface area contributed by atoms with Crippen molar-refractivity contribution in [1.82, 2.24) is 15.0 Å². The van der Waals surface area contributed by atoms with E-state index < -0.39 is 10.0 Å². The lowest BCUT2D eigenvalue weighted by Crippen LogP contribution is -2.16. The first kappa shape index (κ1) is 18.8. The molecule has 0 aliphatic heterocycles. The minimum Gasteiger partial charge on any atom is -0.325 e. The van der Waals surface area contributed by atoms with Crippen LogP contribution in [0.25, 0.3) is 0 Å². The Balaban J connectivity index is 1.59. The van der Waals surface area contributed by atoms with Gasteiger partial charge in [-0.25, -0.2) is 28.1 Å². The highest BCUT2D eigenvalue weighted by Gasteiger charge is 2.15. The molecule has 0 saturated carbocycles. The van der Waals surface area contributed by atoms with E-state index in [1.807, 2.05) is 12.1 Å². The number of sulfonamides is 1. The number of amides is 1. The topological polar surface area (TPSA) is 114 Å². The highest BCUT2D eigenvalue weighted by Crippen LogP contribution is 2.18. The van der Waals surface area contributed by atoms with Gasteiger partial charge in [0, 0.05) is 24.3 Å². The van der Waals surface area contributed by atoms with E-state index >= 15 is 0 Å². The lowest BCUT2D eigenvalue weighted by Gasteiger charge is -2.08. The zero-order valence-electron chi connectivity index (χ0n) is 13.9. The molecule has 138 valence electrons. The van der Waals surface area contributed by atoms with Crippen LogP contribution in [0.3, 0.4) is 0 Å². The number of carbonyl (C=O) groups is 1. The molecule has 0 radical (unpaired) electrons. The Hall–Kier alpha value is -2.98. The van der Waals surface area contributed by atoms with Crippen LogP contribution in [0.5, 0.6) is 0 Å². The standard InChI is InChI=1S/C17H15N5O3S2/c23-15(12-26-16-4-1-2-9-18-16)21-13-5-7-14(8-6-13)27(24,25)22-17-19-10-3-11-20-17/h1-11H,12H2,(H,21,23)(H,19,20,22). The third-order valence-corrected chi connectivity index (χ3v) is 5.52. The Morgan fingerprint density at radius 2 is 1.63 bits per heavy atom. The van der Waals surface area contributed by atoms with Gasteiger partial charge in [0.2, 0.25) is 11.9 Å². The van der Waals surface area contributed by atoms with E-state index in [1.54, 1.807) is 18.3 Å². The Morgan fingerprint density at radius 3 is 2.30 bits per heavy atom. The van der Waals surface area contributed by atoms with Crippen LogP contribution in [0.1, 0.15) is 0 Å². The molecule has 27 heavy (non-hydrogen) atoms. The molecule has 0 bridgehead atoms. The molecule has 2 heterocycles. The van der Waals surface area contributed by atoms with Gasteiger partial charge in [-0.1, -0.05) is 17.8 Å². The zero-order chi connectivity index (χ0) is 19.1. The van der Waals surface area contributed by atoms with Crippen LogP contribution >= 0.6 is 11.8 Å². The van der Waals surface area contributed by atoms with E-state index in [9.17, 15) is 13.2 Å². The molecule has 1 amide bonds. The molecule has 10 heteroatoms. The van der Waals surface area contributed by atoms with E-state index in [0.717, 1.165) is 5.03 Å². The lowest BCUT2D eigenvalue weighted by atomic mass is 10.3. The molecule has 0 fully saturated rings. The molecule has 8 nitrogen and oxygen atoms in total. The number of carbonyl (C=O) groups excluding carboxylic acids is 1. The minimum absolute atomic E-state index is 0.0126. The van der Waals surface area contributed by atoms with E-state index in [2.05, 4.69) is 25.0 Å². The van der Waals surface area contributed by atoms with Crippen molar-refractivity contribution in [3.8, 4) is 0 Å². The van der Waals surface area contributed by atoms with Gasteiger partial charge in [-0.3, -0.25) is 4.79 Å². The van der Waals surface area contributed by atoms with Crippen LogP contribution in [-0.4, -0.2) is 35.0 Å². The summed E-state index contributed by atoms with van der Waals surface area (Å²) in [6.07, 6.45) is 4.53. The quantitative estimate of drug-likeness (QED) is 0.584. The van der Waals surface area contributed by atoms with E-state index in [1.165, 1.54) is 48.4 Å². The van der Waals surface area contributed by atoms with Crippen LogP contribution in [0.4, 0.5) is 11.6 Å². The summed E-state index contributed by atoms with van der Waals surface area (Å²) in [6.45, 7) is 0. The van der Waals surface area contributed by atoms with Gasteiger partial charge in [0.15, 0.2) is 0 Å². The molecule has 3 rings (SSSR count). The first-order valence-electron chi connectivity index (χ1n) is 7.76. The van der Waals surface area contributed by atoms with Gasteiger partial charge in [0.25, 0.3) is 10.0 Å². The fourth-order valence-corrected chi connectivity index (χ4v) is 3.64. The Kier molecular flexibility index (Phi) is 5.99. The van der Waals surface area contributed by atoms with Crippen molar-refractivity contribution in [2.24, 2.45) is 0 Å². The number of nitrogens with one attached hydrogen (secondary N) is 2. The molecular formula is C17H15N5O3S2. The minimum atomic E-state index is -3.80.